The molecule has 12 nitrogen and oxygen atoms in total. The summed E-state index contributed by atoms with van der Waals surface area (Å²) in [5.41, 5.74) is 8.95. The smallest absolute Gasteiger partial charge is 0.259 e. The number of aromatic nitrogens is 9. The molecule has 5 heterocycles. The van der Waals surface area contributed by atoms with Gasteiger partial charge in [-0.2, -0.15) is 10.2 Å². The molecule has 0 N–H and O–H groups in total. The molecule has 1 fully saturated rings. The van der Waals surface area contributed by atoms with Crippen LogP contribution in [0.1, 0.15) is 60.3 Å². The fraction of sp³-hybridized carbons (Fsp3) is 0.297. The summed E-state index contributed by atoms with van der Waals surface area (Å²) in [5.74, 6) is 1.93. The van der Waals surface area contributed by atoms with Crippen LogP contribution >= 0.6 is 0 Å². The van der Waals surface area contributed by atoms with Gasteiger partial charge in [-0.05, 0) is 55.2 Å². The van der Waals surface area contributed by atoms with Gasteiger partial charge >= 0.3 is 0 Å². The maximum absolute atomic E-state index is 12.4. The van der Waals surface area contributed by atoms with Crippen molar-refractivity contribution >= 4 is 27.8 Å². The van der Waals surface area contributed by atoms with Crippen LogP contribution in [-0.2, 0) is 14.1 Å². The van der Waals surface area contributed by atoms with Gasteiger partial charge < -0.3 is 14.2 Å². The number of fused-ring (bicyclic) bond motifs is 2. The summed E-state index contributed by atoms with van der Waals surface area (Å²) in [6, 6.07) is 15.7. The Labute approximate surface area is 283 Å². The van der Waals surface area contributed by atoms with E-state index in [0.717, 1.165) is 68.8 Å². The standard InChI is InChI=1S/C37H38N10O2/c1-21(2)31-27(17-24-18-44(5)41-34(24)38-31)35-39-32(33(45(35)6)22-11-12-22)26-9-8-10-29-28(26)19-47(40-29)30-20-46(42-36(30)49-7)25-15-13-23(14-16-25)37(48)43(3)4/h8-10,13-22H,11-12H2,1-7H3. The summed E-state index contributed by atoms with van der Waals surface area (Å²) in [5, 5.41) is 16.2. The van der Waals surface area contributed by atoms with E-state index in [1.165, 1.54) is 5.69 Å². The number of rotatable bonds is 8. The Morgan fingerprint density at radius 3 is 2.39 bits per heavy atom. The molecule has 0 atom stereocenters. The first-order valence-electron chi connectivity index (χ1n) is 16.5. The third kappa shape index (κ3) is 5.14. The van der Waals surface area contributed by atoms with E-state index in [-0.39, 0.29) is 11.8 Å². The zero-order valence-corrected chi connectivity index (χ0v) is 28.7. The molecule has 1 saturated carbocycles. The summed E-state index contributed by atoms with van der Waals surface area (Å²) in [4.78, 5) is 24.4. The van der Waals surface area contributed by atoms with E-state index in [1.54, 1.807) is 42.9 Å². The topological polar surface area (TPSA) is 114 Å². The normalized spacial score (nSPS) is 13.2. The van der Waals surface area contributed by atoms with Crippen molar-refractivity contribution in [3.63, 3.8) is 0 Å². The van der Waals surface area contributed by atoms with Crippen molar-refractivity contribution in [2.75, 3.05) is 21.2 Å². The minimum Gasteiger partial charge on any atom is -0.478 e. The lowest BCUT2D eigenvalue weighted by atomic mass is 10.0. The van der Waals surface area contributed by atoms with Crippen LogP contribution in [0.3, 0.4) is 0 Å². The molecule has 248 valence electrons. The molecular formula is C37H38N10O2. The van der Waals surface area contributed by atoms with Crippen molar-refractivity contribution in [3.8, 4) is 39.9 Å². The number of nitrogens with zero attached hydrogens (tertiary/aromatic N) is 10. The third-order valence-electron chi connectivity index (χ3n) is 9.22. The maximum Gasteiger partial charge on any atom is 0.259 e. The third-order valence-corrected chi connectivity index (χ3v) is 9.22. The second kappa shape index (κ2) is 11.4. The molecule has 0 aliphatic heterocycles. The molecule has 8 rings (SSSR count). The van der Waals surface area contributed by atoms with Crippen molar-refractivity contribution in [1.82, 2.24) is 48.8 Å². The zero-order chi connectivity index (χ0) is 34.1. The lowest BCUT2D eigenvalue weighted by Crippen LogP contribution is -2.21. The summed E-state index contributed by atoms with van der Waals surface area (Å²) >= 11 is 0. The number of hydrogen-bond donors (Lipinski definition) is 0. The van der Waals surface area contributed by atoms with Crippen LogP contribution in [0, 0.1) is 0 Å². The van der Waals surface area contributed by atoms with Crippen LogP contribution in [-0.4, -0.2) is 75.9 Å². The van der Waals surface area contributed by atoms with E-state index < -0.39 is 0 Å². The van der Waals surface area contributed by atoms with E-state index in [0.29, 0.717) is 23.0 Å². The van der Waals surface area contributed by atoms with Gasteiger partial charge in [-0.15, -0.1) is 5.10 Å². The lowest BCUT2D eigenvalue weighted by Gasteiger charge is -2.12. The molecule has 1 aliphatic carbocycles. The summed E-state index contributed by atoms with van der Waals surface area (Å²) in [6.45, 7) is 4.33. The number of methoxy groups -OCH3 is 1. The van der Waals surface area contributed by atoms with Gasteiger partial charge in [-0.1, -0.05) is 26.0 Å². The number of aryl methyl sites for hydroxylation is 1. The highest BCUT2D eigenvalue weighted by molar-refractivity contribution is 5.95. The van der Waals surface area contributed by atoms with Crippen LogP contribution in [0.25, 0.3) is 56.0 Å². The Morgan fingerprint density at radius 1 is 0.918 bits per heavy atom. The first-order valence-corrected chi connectivity index (χ1v) is 16.5. The van der Waals surface area contributed by atoms with Crippen molar-refractivity contribution in [3.05, 3.63) is 84.1 Å². The minimum absolute atomic E-state index is 0.0548. The molecule has 12 heteroatoms. The Morgan fingerprint density at radius 2 is 1.69 bits per heavy atom. The predicted molar refractivity (Wildman–Crippen MR) is 189 cm³/mol. The second-order valence-corrected chi connectivity index (χ2v) is 13.3. The highest BCUT2D eigenvalue weighted by atomic mass is 16.5. The number of pyridine rings is 1. The lowest BCUT2D eigenvalue weighted by molar-refractivity contribution is 0.0827. The molecule has 0 radical (unpaired) electrons. The average molecular weight is 655 g/mol. The quantitative estimate of drug-likeness (QED) is 0.190. The van der Waals surface area contributed by atoms with Gasteiger partial charge in [-0.25, -0.2) is 19.3 Å². The van der Waals surface area contributed by atoms with E-state index >= 15 is 0 Å². The Bertz CT molecular complexity index is 2390. The Kier molecular flexibility index (Phi) is 7.13. The molecule has 0 spiro atoms. The molecule has 2 aromatic carbocycles. The van der Waals surface area contributed by atoms with Crippen molar-refractivity contribution in [2.45, 2.75) is 38.5 Å². The number of benzene rings is 2. The zero-order valence-electron chi connectivity index (χ0n) is 28.7. The van der Waals surface area contributed by atoms with E-state index in [9.17, 15) is 4.79 Å². The highest BCUT2D eigenvalue weighted by Crippen LogP contribution is 2.47. The fourth-order valence-electron chi connectivity index (χ4n) is 6.65. The van der Waals surface area contributed by atoms with Gasteiger partial charge in [-0.3, -0.25) is 9.48 Å². The summed E-state index contributed by atoms with van der Waals surface area (Å²) in [6.07, 6.45) is 8.20. The maximum atomic E-state index is 12.4. The highest BCUT2D eigenvalue weighted by Gasteiger charge is 2.33. The van der Waals surface area contributed by atoms with Gasteiger partial charge in [0.05, 0.1) is 35.9 Å². The van der Waals surface area contributed by atoms with Crippen molar-refractivity contribution in [1.29, 1.82) is 0 Å². The molecular weight excluding hydrogens is 616 g/mol. The molecule has 7 aromatic rings. The average Bonchev–Trinajstić information content (AvgIpc) is 3.39. The van der Waals surface area contributed by atoms with Crippen LogP contribution in [0.2, 0.25) is 0 Å². The number of hydrogen-bond acceptors (Lipinski definition) is 7. The van der Waals surface area contributed by atoms with Crippen LogP contribution in [0.4, 0.5) is 0 Å². The molecule has 0 saturated heterocycles. The summed E-state index contributed by atoms with van der Waals surface area (Å²) in [7, 11) is 9.13. The minimum atomic E-state index is -0.0548. The van der Waals surface area contributed by atoms with Crippen LogP contribution in [0.15, 0.2) is 67.1 Å². The van der Waals surface area contributed by atoms with Crippen molar-refractivity contribution < 1.29 is 9.53 Å². The molecule has 0 bridgehead atoms. The fourth-order valence-corrected chi connectivity index (χ4v) is 6.65. The largest absolute Gasteiger partial charge is 0.478 e. The van der Waals surface area contributed by atoms with Crippen LogP contribution in [0.5, 0.6) is 5.88 Å². The SMILES string of the molecule is COc1nn(-c2ccc(C(=O)N(C)C)cc2)cc1-n1cc2c(-c3nc(-c4cc5cn(C)nc5nc4C(C)C)n(C)c3C3CC3)cccc2n1. The monoisotopic (exact) mass is 654 g/mol. The Hall–Kier alpha value is -5.78. The number of ether oxygens (including phenoxy) is 1. The molecule has 1 aliphatic rings. The number of amides is 1. The molecule has 0 unspecified atom stereocenters. The number of carbonyl (C=O) groups excluding carboxylic acids is 1. The van der Waals surface area contributed by atoms with Crippen LogP contribution < -0.4 is 4.74 Å². The van der Waals surface area contributed by atoms with E-state index in [1.807, 2.05) is 59.3 Å². The second-order valence-electron chi connectivity index (χ2n) is 13.3. The number of carbonyl (C=O) groups is 1. The first-order chi connectivity index (χ1) is 23.6. The van der Waals surface area contributed by atoms with E-state index in [4.69, 9.17) is 19.8 Å². The molecule has 1 amide bonds. The Balaban J connectivity index is 1.23. The van der Waals surface area contributed by atoms with Gasteiger partial charge in [0.1, 0.15) is 11.5 Å². The summed E-state index contributed by atoms with van der Waals surface area (Å²) < 4.78 is 13.4. The first kappa shape index (κ1) is 30.5. The van der Waals surface area contributed by atoms with Crippen molar-refractivity contribution in [2.24, 2.45) is 14.1 Å². The van der Waals surface area contributed by atoms with Gasteiger partial charge in [0.25, 0.3) is 11.8 Å². The van der Waals surface area contributed by atoms with E-state index in [2.05, 4.69) is 47.8 Å². The molecule has 49 heavy (non-hydrogen) atoms. The van der Waals surface area contributed by atoms with Gasteiger partial charge in [0, 0.05) is 79.7 Å². The number of imidazole rings is 1. The van der Waals surface area contributed by atoms with Gasteiger partial charge in [0.2, 0.25) is 0 Å². The molecule has 5 aromatic heterocycles. The van der Waals surface area contributed by atoms with Gasteiger partial charge in [0.15, 0.2) is 5.65 Å². The predicted octanol–water partition coefficient (Wildman–Crippen LogP) is 6.27.